The van der Waals surface area contributed by atoms with E-state index in [1.54, 1.807) is 4.68 Å². The number of ether oxygens (including phenoxy) is 1. The van der Waals surface area contributed by atoms with Crippen molar-refractivity contribution in [2.24, 2.45) is 14.1 Å². The fraction of sp³-hybridized carbons (Fsp3) is 0.448. The molecule has 1 aliphatic carbocycles. The van der Waals surface area contributed by atoms with E-state index in [0.29, 0.717) is 30.6 Å². The van der Waals surface area contributed by atoms with Gasteiger partial charge < -0.3 is 9.30 Å². The predicted molar refractivity (Wildman–Crippen MR) is 151 cm³/mol. The molecule has 10 nitrogen and oxygen atoms in total. The van der Waals surface area contributed by atoms with Gasteiger partial charge in [0.25, 0.3) is 11.6 Å². The van der Waals surface area contributed by atoms with E-state index in [0.717, 1.165) is 65.4 Å². The number of nitrogens with zero attached hydrogens (tertiary/aromatic N) is 6. The summed E-state index contributed by atoms with van der Waals surface area (Å²) in [6.45, 7) is 3.78. The Bertz CT molecular complexity index is 1940. The number of aromatic amines is 2. The van der Waals surface area contributed by atoms with E-state index in [1.807, 2.05) is 24.9 Å². The molecule has 4 aromatic heterocycles. The van der Waals surface area contributed by atoms with E-state index >= 15 is 0 Å². The fourth-order valence-corrected chi connectivity index (χ4v) is 7.59. The van der Waals surface area contributed by atoms with E-state index in [1.165, 1.54) is 16.7 Å². The van der Waals surface area contributed by atoms with Crippen molar-refractivity contribution < 1.29 is 9.13 Å². The van der Waals surface area contributed by atoms with Crippen LogP contribution in [0.5, 0.6) is 6.01 Å². The summed E-state index contributed by atoms with van der Waals surface area (Å²) in [7, 11) is 3.78. The first-order valence-electron chi connectivity index (χ1n) is 14.0. The Morgan fingerprint density at radius 3 is 3.00 bits per heavy atom. The molecule has 40 heavy (non-hydrogen) atoms. The lowest BCUT2D eigenvalue weighted by atomic mass is 9.85. The van der Waals surface area contributed by atoms with Gasteiger partial charge >= 0.3 is 0 Å². The maximum absolute atomic E-state index is 14.3. The molecule has 2 aliphatic heterocycles. The van der Waals surface area contributed by atoms with Crippen LogP contribution in [0.2, 0.25) is 0 Å². The molecule has 0 saturated carbocycles. The summed E-state index contributed by atoms with van der Waals surface area (Å²) in [5.41, 5.74) is 7.90. The Morgan fingerprint density at radius 1 is 1.25 bits per heavy atom. The fourth-order valence-electron chi connectivity index (χ4n) is 7.59. The maximum Gasteiger partial charge on any atom is 0.298 e. The van der Waals surface area contributed by atoms with Crippen LogP contribution in [0, 0.1) is 0 Å². The lowest BCUT2D eigenvalue weighted by Gasteiger charge is -2.30. The van der Waals surface area contributed by atoms with Gasteiger partial charge in [-0.3, -0.25) is 24.5 Å². The van der Waals surface area contributed by atoms with Gasteiger partial charge in [0.2, 0.25) is 0 Å². The molecular weight excluding hydrogens is 511 g/mol. The second kappa shape index (κ2) is 8.26. The SMILES string of the molecule is CC1=CCCc2cc3[nH]ncc3c(-c3nn(C)c4c5c(=O)[nH]c(OC[C@@]67CCCN6C[C@H](F)C7)nc5n(C)c34)c21. The van der Waals surface area contributed by atoms with Crippen molar-refractivity contribution in [1.82, 2.24) is 39.4 Å². The van der Waals surface area contributed by atoms with Crippen molar-refractivity contribution in [3.05, 3.63) is 39.8 Å². The van der Waals surface area contributed by atoms with Crippen LogP contribution >= 0.6 is 0 Å². The topological polar surface area (TPSA) is 110 Å². The predicted octanol–water partition coefficient (Wildman–Crippen LogP) is 4.00. The van der Waals surface area contributed by atoms with Crippen LogP contribution in [-0.4, -0.2) is 70.8 Å². The summed E-state index contributed by atoms with van der Waals surface area (Å²) in [5.74, 6) is 0. The second-order valence-electron chi connectivity index (χ2n) is 11.7. The minimum absolute atomic E-state index is 0.162. The minimum atomic E-state index is -0.841. The van der Waals surface area contributed by atoms with Gasteiger partial charge in [0, 0.05) is 38.0 Å². The molecule has 0 bridgehead atoms. The number of benzene rings is 1. The molecule has 0 spiro atoms. The van der Waals surface area contributed by atoms with Crippen LogP contribution < -0.4 is 10.3 Å². The number of hydrogen-bond acceptors (Lipinski definition) is 6. The van der Waals surface area contributed by atoms with Gasteiger partial charge in [-0.1, -0.05) is 6.08 Å². The molecule has 1 aromatic carbocycles. The van der Waals surface area contributed by atoms with Crippen LogP contribution in [-0.2, 0) is 20.5 Å². The number of H-pyrrole nitrogens is 2. The van der Waals surface area contributed by atoms with Gasteiger partial charge in [-0.2, -0.15) is 15.2 Å². The molecule has 0 unspecified atom stereocenters. The summed E-state index contributed by atoms with van der Waals surface area (Å²) in [6, 6.07) is 2.35. The van der Waals surface area contributed by atoms with Gasteiger partial charge in [0.15, 0.2) is 5.65 Å². The van der Waals surface area contributed by atoms with E-state index in [-0.39, 0.29) is 17.1 Å². The van der Waals surface area contributed by atoms with Crippen LogP contribution in [0.3, 0.4) is 0 Å². The molecule has 5 aromatic rings. The molecular formula is C29H31FN8O2. The average molecular weight is 543 g/mol. The molecule has 0 amide bonds. The van der Waals surface area contributed by atoms with E-state index in [9.17, 15) is 9.18 Å². The maximum atomic E-state index is 14.3. The zero-order chi connectivity index (χ0) is 27.3. The zero-order valence-corrected chi connectivity index (χ0v) is 22.8. The average Bonchev–Trinajstić information content (AvgIpc) is 3.71. The highest BCUT2D eigenvalue weighted by atomic mass is 19.1. The largest absolute Gasteiger partial charge is 0.463 e. The quantitative estimate of drug-likeness (QED) is 0.355. The Kier molecular flexibility index (Phi) is 4.93. The third-order valence-corrected chi connectivity index (χ3v) is 9.35. The number of aromatic nitrogens is 7. The van der Waals surface area contributed by atoms with Gasteiger partial charge in [-0.25, -0.2) is 4.39 Å². The first-order valence-corrected chi connectivity index (χ1v) is 14.0. The number of halogens is 1. The highest BCUT2D eigenvalue weighted by Crippen LogP contribution is 2.44. The van der Waals surface area contributed by atoms with Crippen molar-refractivity contribution in [3.63, 3.8) is 0 Å². The van der Waals surface area contributed by atoms with Gasteiger partial charge in [-0.15, -0.1) is 0 Å². The van der Waals surface area contributed by atoms with Gasteiger partial charge in [-0.05, 0) is 61.9 Å². The van der Waals surface area contributed by atoms with Crippen LogP contribution in [0.1, 0.15) is 43.7 Å². The molecule has 2 saturated heterocycles. The summed E-state index contributed by atoms with van der Waals surface area (Å²) < 4.78 is 24.1. The zero-order valence-electron chi connectivity index (χ0n) is 22.8. The molecule has 2 fully saturated rings. The number of hydrogen-bond donors (Lipinski definition) is 2. The van der Waals surface area contributed by atoms with Crippen molar-refractivity contribution in [3.8, 4) is 17.3 Å². The van der Waals surface area contributed by atoms with Crippen molar-refractivity contribution in [2.75, 3.05) is 19.7 Å². The Balaban J connectivity index is 1.30. The Morgan fingerprint density at radius 2 is 2.12 bits per heavy atom. The highest BCUT2D eigenvalue weighted by Gasteiger charge is 2.49. The number of rotatable bonds is 4. The van der Waals surface area contributed by atoms with E-state index in [2.05, 4.69) is 39.1 Å². The molecule has 2 N–H and O–H groups in total. The highest BCUT2D eigenvalue weighted by molar-refractivity contribution is 6.13. The number of alkyl halides is 1. The standard InChI is InChI=1S/C29H31FN8O2/c1-15-6-4-7-16-10-19-18(12-31-34-19)21(20(15)16)23-25-24(37(3)35-23)22-26(36(25)2)32-28(33-27(22)39)40-14-29-8-5-9-38(29)13-17(30)11-29/h6,10,12,17H,4-5,7-9,11,13-14H2,1-3H3,(H,31,34)(H,32,33,39)/t17-,29+/m1/s1. The third kappa shape index (κ3) is 3.18. The Labute approximate surface area is 228 Å². The number of fused-ring (bicyclic) bond motifs is 6. The first-order chi connectivity index (χ1) is 19.3. The van der Waals surface area contributed by atoms with Crippen molar-refractivity contribution in [1.29, 1.82) is 0 Å². The number of aryl methyl sites for hydroxylation is 3. The summed E-state index contributed by atoms with van der Waals surface area (Å²) >= 11 is 0. The normalized spacial score (nSPS) is 22.9. The molecule has 8 rings (SSSR count). The lowest BCUT2D eigenvalue weighted by Crippen LogP contribution is -2.43. The molecule has 206 valence electrons. The molecule has 6 heterocycles. The molecule has 11 heteroatoms. The van der Waals surface area contributed by atoms with Gasteiger partial charge in [0.05, 0.1) is 22.8 Å². The van der Waals surface area contributed by atoms with Crippen LogP contribution in [0.15, 0.2) is 23.1 Å². The number of nitrogens with one attached hydrogen (secondary N) is 2. The summed E-state index contributed by atoms with van der Waals surface area (Å²) in [4.78, 5) is 23.3. The minimum Gasteiger partial charge on any atom is -0.463 e. The molecule has 0 radical (unpaired) electrons. The van der Waals surface area contributed by atoms with E-state index in [4.69, 9.17) is 14.8 Å². The Hall–Kier alpha value is -3.99. The molecule has 3 aliphatic rings. The summed E-state index contributed by atoms with van der Waals surface area (Å²) in [5, 5.41) is 13.9. The number of allylic oxidation sites excluding steroid dienone is 2. The monoisotopic (exact) mass is 542 g/mol. The summed E-state index contributed by atoms with van der Waals surface area (Å²) in [6.07, 6.45) is 7.60. The third-order valence-electron chi connectivity index (χ3n) is 9.35. The smallest absolute Gasteiger partial charge is 0.298 e. The second-order valence-corrected chi connectivity index (χ2v) is 11.7. The van der Waals surface area contributed by atoms with E-state index < -0.39 is 6.17 Å². The molecule has 2 atom stereocenters. The lowest BCUT2D eigenvalue weighted by molar-refractivity contribution is 0.107. The first kappa shape index (κ1) is 23.9. The van der Waals surface area contributed by atoms with Gasteiger partial charge in [0.1, 0.15) is 29.4 Å². The van der Waals surface area contributed by atoms with Crippen LogP contribution in [0.4, 0.5) is 4.39 Å². The van der Waals surface area contributed by atoms with Crippen molar-refractivity contribution in [2.45, 2.75) is 50.7 Å². The van der Waals surface area contributed by atoms with Crippen molar-refractivity contribution >= 4 is 38.5 Å². The van der Waals surface area contributed by atoms with Crippen LogP contribution in [0.25, 0.3) is 49.8 Å².